The normalized spacial score (nSPS) is 10.6. The lowest BCUT2D eigenvalue weighted by Gasteiger charge is -2.03. The highest BCUT2D eigenvalue weighted by atomic mass is 16.5. The molecule has 2 N–H and O–H groups in total. The predicted octanol–water partition coefficient (Wildman–Crippen LogP) is 0.916. The lowest BCUT2D eigenvalue weighted by molar-refractivity contribution is 0.414. The van der Waals surface area contributed by atoms with Gasteiger partial charge in [0, 0.05) is 19.9 Å². The lowest BCUT2D eigenvalue weighted by Crippen LogP contribution is -2.04. The van der Waals surface area contributed by atoms with Crippen LogP contribution >= 0.6 is 0 Å². The van der Waals surface area contributed by atoms with E-state index in [4.69, 9.17) is 10.5 Å². The van der Waals surface area contributed by atoms with E-state index in [2.05, 4.69) is 16.1 Å². The summed E-state index contributed by atoms with van der Waals surface area (Å²) in [6.45, 7) is 0.572. The standard InChI is InChI=1S/C13H18N4O/c1-17-13(15-12(16-17)6-7-14)9-10-4-3-5-11(8-10)18-2/h3-5,8H,6-7,9,14H2,1-2H3. The van der Waals surface area contributed by atoms with Crippen molar-refractivity contribution in [3.63, 3.8) is 0 Å². The number of hydrogen-bond acceptors (Lipinski definition) is 4. The van der Waals surface area contributed by atoms with Crippen molar-refractivity contribution in [3.8, 4) is 5.75 Å². The second-order valence-electron chi connectivity index (χ2n) is 4.13. The molecular formula is C13H18N4O. The molecule has 1 aromatic carbocycles. The van der Waals surface area contributed by atoms with Gasteiger partial charge in [-0.2, -0.15) is 5.10 Å². The Bertz CT molecular complexity index is 521. The molecule has 0 unspecified atom stereocenters. The van der Waals surface area contributed by atoms with Crippen molar-refractivity contribution in [1.82, 2.24) is 14.8 Å². The van der Waals surface area contributed by atoms with Crippen LogP contribution in [0, 0.1) is 0 Å². The Morgan fingerprint density at radius 2 is 2.22 bits per heavy atom. The van der Waals surface area contributed by atoms with Crippen LogP contribution in [-0.4, -0.2) is 28.4 Å². The number of benzene rings is 1. The van der Waals surface area contributed by atoms with Gasteiger partial charge in [0.25, 0.3) is 0 Å². The fourth-order valence-corrected chi connectivity index (χ4v) is 1.83. The molecule has 0 radical (unpaired) electrons. The molecule has 0 saturated carbocycles. The van der Waals surface area contributed by atoms with E-state index in [1.165, 1.54) is 0 Å². The minimum Gasteiger partial charge on any atom is -0.497 e. The van der Waals surface area contributed by atoms with Gasteiger partial charge in [-0.15, -0.1) is 0 Å². The third-order valence-electron chi connectivity index (χ3n) is 2.76. The van der Waals surface area contributed by atoms with Crippen LogP contribution in [0.3, 0.4) is 0 Å². The topological polar surface area (TPSA) is 66.0 Å². The van der Waals surface area contributed by atoms with Gasteiger partial charge in [-0.3, -0.25) is 4.68 Å². The van der Waals surface area contributed by atoms with Crippen molar-refractivity contribution in [2.45, 2.75) is 12.8 Å². The molecule has 5 heteroatoms. The van der Waals surface area contributed by atoms with Crippen LogP contribution in [0.25, 0.3) is 0 Å². The number of hydrogen-bond donors (Lipinski definition) is 1. The van der Waals surface area contributed by atoms with Crippen LogP contribution in [0.2, 0.25) is 0 Å². The molecule has 0 aliphatic rings. The summed E-state index contributed by atoms with van der Waals surface area (Å²) in [5.41, 5.74) is 6.66. The molecule has 2 aromatic rings. The first-order chi connectivity index (χ1) is 8.72. The summed E-state index contributed by atoms with van der Waals surface area (Å²) in [5.74, 6) is 2.60. The van der Waals surface area contributed by atoms with Gasteiger partial charge in [0.2, 0.25) is 0 Å². The first kappa shape index (κ1) is 12.6. The van der Waals surface area contributed by atoms with Crippen molar-refractivity contribution >= 4 is 0 Å². The minimum absolute atomic E-state index is 0.572. The van der Waals surface area contributed by atoms with Crippen LogP contribution in [-0.2, 0) is 19.9 Å². The highest BCUT2D eigenvalue weighted by Gasteiger charge is 2.07. The van der Waals surface area contributed by atoms with Crippen LogP contribution in [0.1, 0.15) is 17.2 Å². The second kappa shape index (κ2) is 5.64. The first-order valence-electron chi connectivity index (χ1n) is 5.94. The monoisotopic (exact) mass is 246 g/mol. The van der Waals surface area contributed by atoms with Gasteiger partial charge in [0.1, 0.15) is 11.6 Å². The Hall–Kier alpha value is -1.88. The SMILES string of the molecule is COc1cccc(Cc2nc(CCN)nn2C)c1. The number of ether oxygens (including phenoxy) is 1. The maximum Gasteiger partial charge on any atom is 0.152 e. The van der Waals surface area contributed by atoms with Crippen LogP contribution in [0.5, 0.6) is 5.75 Å². The molecule has 1 heterocycles. The maximum absolute atomic E-state index is 5.50. The Balaban J connectivity index is 2.17. The van der Waals surface area contributed by atoms with Crippen molar-refractivity contribution in [2.24, 2.45) is 12.8 Å². The quantitative estimate of drug-likeness (QED) is 0.851. The van der Waals surface area contributed by atoms with Gasteiger partial charge in [-0.05, 0) is 24.2 Å². The van der Waals surface area contributed by atoms with Gasteiger partial charge >= 0.3 is 0 Å². The van der Waals surface area contributed by atoms with Crippen LogP contribution in [0.15, 0.2) is 24.3 Å². The first-order valence-corrected chi connectivity index (χ1v) is 5.94. The largest absolute Gasteiger partial charge is 0.497 e. The maximum atomic E-state index is 5.50. The summed E-state index contributed by atoms with van der Waals surface area (Å²) in [5, 5.41) is 4.33. The van der Waals surface area contributed by atoms with E-state index in [0.29, 0.717) is 13.0 Å². The summed E-state index contributed by atoms with van der Waals surface area (Å²) in [6, 6.07) is 7.97. The van der Waals surface area contributed by atoms with Gasteiger partial charge in [-0.1, -0.05) is 12.1 Å². The zero-order chi connectivity index (χ0) is 13.0. The molecule has 0 atom stereocenters. The predicted molar refractivity (Wildman–Crippen MR) is 69.6 cm³/mol. The molecule has 0 aliphatic heterocycles. The van der Waals surface area contributed by atoms with Crippen molar-refractivity contribution in [2.75, 3.05) is 13.7 Å². The Labute approximate surface area is 107 Å². The molecule has 0 fully saturated rings. The van der Waals surface area contributed by atoms with Crippen LogP contribution < -0.4 is 10.5 Å². The fraction of sp³-hybridized carbons (Fsp3) is 0.385. The highest BCUT2D eigenvalue weighted by molar-refractivity contribution is 5.30. The highest BCUT2D eigenvalue weighted by Crippen LogP contribution is 2.15. The zero-order valence-electron chi connectivity index (χ0n) is 10.8. The smallest absolute Gasteiger partial charge is 0.152 e. The third-order valence-corrected chi connectivity index (χ3v) is 2.76. The summed E-state index contributed by atoms with van der Waals surface area (Å²) < 4.78 is 7.02. The van der Waals surface area contributed by atoms with E-state index < -0.39 is 0 Å². The number of methoxy groups -OCH3 is 1. The number of aryl methyl sites for hydroxylation is 1. The van der Waals surface area contributed by atoms with E-state index in [-0.39, 0.29) is 0 Å². The summed E-state index contributed by atoms with van der Waals surface area (Å²) in [7, 11) is 3.57. The van der Waals surface area contributed by atoms with Gasteiger partial charge in [-0.25, -0.2) is 4.98 Å². The summed E-state index contributed by atoms with van der Waals surface area (Å²) >= 11 is 0. The Morgan fingerprint density at radius 3 is 2.94 bits per heavy atom. The number of nitrogens with zero attached hydrogens (tertiary/aromatic N) is 3. The molecule has 0 bridgehead atoms. The molecule has 0 saturated heterocycles. The molecule has 2 rings (SSSR count). The van der Waals surface area contributed by atoms with Gasteiger partial charge < -0.3 is 10.5 Å². The molecule has 0 aliphatic carbocycles. The lowest BCUT2D eigenvalue weighted by atomic mass is 10.1. The Morgan fingerprint density at radius 1 is 1.39 bits per heavy atom. The summed E-state index contributed by atoms with van der Waals surface area (Å²) in [4.78, 5) is 4.48. The molecule has 5 nitrogen and oxygen atoms in total. The average Bonchev–Trinajstić information content (AvgIpc) is 2.70. The number of aromatic nitrogens is 3. The van der Waals surface area contributed by atoms with Crippen molar-refractivity contribution in [3.05, 3.63) is 41.5 Å². The fourth-order valence-electron chi connectivity index (χ4n) is 1.83. The molecule has 1 aromatic heterocycles. The molecule has 0 amide bonds. The molecule has 0 spiro atoms. The molecule has 18 heavy (non-hydrogen) atoms. The molecule has 96 valence electrons. The van der Waals surface area contributed by atoms with Gasteiger partial charge in [0.15, 0.2) is 5.82 Å². The van der Waals surface area contributed by atoms with Crippen molar-refractivity contribution < 1.29 is 4.74 Å². The number of nitrogens with two attached hydrogens (primary N) is 1. The minimum atomic E-state index is 0.572. The third kappa shape index (κ3) is 2.87. The van der Waals surface area contributed by atoms with E-state index in [1.807, 2.05) is 29.9 Å². The molecular weight excluding hydrogens is 228 g/mol. The van der Waals surface area contributed by atoms with E-state index in [9.17, 15) is 0 Å². The van der Waals surface area contributed by atoms with Crippen LogP contribution in [0.4, 0.5) is 0 Å². The van der Waals surface area contributed by atoms with E-state index in [0.717, 1.165) is 29.4 Å². The van der Waals surface area contributed by atoms with E-state index >= 15 is 0 Å². The Kier molecular flexibility index (Phi) is 3.94. The summed E-state index contributed by atoms with van der Waals surface area (Å²) in [6.07, 6.45) is 1.46. The second-order valence-corrected chi connectivity index (χ2v) is 4.13. The van der Waals surface area contributed by atoms with E-state index in [1.54, 1.807) is 7.11 Å². The van der Waals surface area contributed by atoms with Crippen molar-refractivity contribution in [1.29, 1.82) is 0 Å². The average molecular weight is 246 g/mol. The zero-order valence-corrected chi connectivity index (χ0v) is 10.8. The van der Waals surface area contributed by atoms with Gasteiger partial charge in [0.05, 0.1) is 7.11 Å². The number of rotatable bonds is 5.